The Hall–Kier alpha value is -0.830. The highest BCUT2D eigenvalue weighted by atomic mass is 127. The van der Waals surface area contributed by atoms with Crippen molar-refractivity contribution in [2.24, 2.45) is 18.0 Å². The minimum Gasteiger partial charge on any atom is -0.381 e. The minimum atomic E-state index is 0. The van der Waals surface area contributed by atoms with Gasteiger partial charge < -0.3 is 15.0 Å². The van der Waals surface area contributed by atoms with Crippen molar-refractivity contribution in [3.05, 3.63) is 17.5 Å². The molecule has 1 aliphatic rings. The van der Waals surface area contributed by atoms with E-state index in [1.165, 1.54) is 18.4 Å². The van der Waals surface area contributed by atoms with Gasteiger partial charge in [-0.25, -0.2) is 0 Å². The number of hydrogen-bond acceptors (Lipinski definition) is 3. The maximum Gasteiger partial charge on any atom is 0.193 e. The van der Waals surface area contributed by atoms with Gasteiger partial charge in [-0.05, 0) is 31.1 Å². The molecule has 6 nitrogen and oxygen atoms in total. The zero-order chi connectivity index (χ0) is 17.5. The first-order chi connectivity index (χ1) is 11.5. The van der Waals surface area contributed by atoms with Crippen molar-refractivity contribution in [1.82, 2.24) is 20.0 Å². The first kappa shape index (κ1) is 22.2. The van der Waals surface area contributed by atoms with Crippen LogP contribution in [0.25, 0.3) is 0 Å². The highest BCUT2D eigenvalue weighted by molar-refractivity contribution is 14.0. The third-order valence-corrected chi connectivity index (χ3v) is 4.26. The fraction of sp³-hybridized carbons (Fsp3) is 0.778. The van der Waals surface area contributed by atoms with Crippen LogP contribution in [0.15, 0.2) is 11.2 Å². The summed E-state index contributed by atoms with van der Waals surface area (Å²) in [5.41, 5.74) is 2.42. The third-order valence-electron chi connectivity index (χ3n) is 4.26. The Morgan fingerprint density at radius 1 is 1.48 bits per heavy atom. The van der Waals surface area contributed by atoms with E-state index in [2.05, 4.69) is 47.4 Å². The lowest BCUT2D eigenvalue weighted by atomic mass is 10.1. The molecule has 144 valence electrons. The van der Waals surface area contributed by atoms with Crippen LogP contribution in [0, 0.1) is 5.92 Å². The second-order valence-electron chi connectivity index (χ2n) is 7.07. The molecule has 0 unspecified atom stereocenters. The van der Waals surface area contributed by atoms with Gasteiger partial charge >= 0.3 is 0 Å². The average Bonchev–Trinajstić information content (AvgIpc) is 3.28. The van der Waals surface area contributed by atoms with E-state index >= 15 is 0 Å². The van der Waals surface area contributed by atoms with Crippen molar-refractivity contribution in [2.45, 2.75) is 45.6 Å². The molecule has 0 amide bonds. The Balaban J connectivity index is 0.00000312. The molecule has 1 aromatic rings. The molecule has 0 aromatic carbocycles. The summed E-state index contributed by atoms with van der Waals surface area (Å²) in [5, 5.41) is 7.99. The van der Waals surface area contributed by atoms with Crippen LogP contribution in [0.3, 0.4) is 0 Å². The normalized spacial score (nSPS) is 14.6. The highest BCUT2D eigenvalue weighted by Crippen LogP contribution is 2.28. The van der Waals surface area contributed by atoms with Gasteiger partial charge in [0.2, 0.25) is 0 Å². The van der Waals surface area contributed by atoms with E-state index in [0.29, 0.717) is 5.92 Å². The van der Waals surface area contributed by atoms with Gasteiger partial charge in [0, 0.05) is 59.2 Å². The zero-order valence-electron chi connectivity index (χ0n) is 16.3. The molecule has 0 saturated heterocycles. The molecule has 0 spiro atoms. The van der Waals surface area contributed by atoms with Gasteiger partial charge in [-0.15, -0.1) is 24.0 Å². The van der Waals surface area contributed by atoms with Gasteiger partial charge in [-0.2, -0.15) is 5.10 Å². The summed E-state index contributed by atoms with van der Waals surface area (Å²) in [4.78, 5) is 6.53. The summed E-state index contributed by atoms with van der Waals surface area (Å²) >= 11 is 0. The van der Waals surface area contributed by atoms with Gasteiger partial charge in [0.05, 0.1) is 5.69 Å². The predicted octanol–water partition coefficient (Wildman–Crippen LogP) is 2.99. The molecule has 7 heteroatoms. The molecule has 0 radical (unpaired) electrons. The summed E-state index contributed by atoms with van der Waals surface area (Å²) in [5.74, 6) is 2.18. The second-order valence-corrected chi connectivity index (χ2v) is 7.07. The lowest BCUT2D eigenvalue weighted by Gasteiger charge is -2.22. The van der Waals surface area contributed by atoms with E-state index < -0.39 is 0 Å². The van der Waals surface area contributed by atoms with Gasteiger partial charge in [0.15, 0.2) is 5.96 Å². The Labute approximate surface area is 169 Å². The number of ether oxygens (including phenoxy) is 1. The molecule has 25 heavy (non-hydrogen) atoms. The SMILES string of the molecule is CN=C(NCCCOCC1CC1)N(C)Cc1cn(C)nc1C(C)C.I. The van der Waals surface area contributed by atoms with Crippen LogP contribution in [0.2, 0.25) is 0 Å². The number of hydrogen-bond donors (Lipinski definition) is 1. The number of nitrogens with zero attached hydrogens (tertiary/aromatic N) is 4. The molecular weight excluding hydrogens is 429 g/mol. The van der Waals surface area contributed by atoms with Gasteiger partial charge in [0.1, 0.15) is 0 Å². The van der Waals surface area contributed by atoms with E-state index in [9.17, 15) is 0 Å². The lowest BCUT2D eigenvalue weighted by molar-refractivity contribution is 0.122. The topological polar surface area (TPSA) is 54.7 Å². The number of guanidine groups is 1. The Bertz CT molecular complexity index is 540. The van der Waals surface area contributed by atoms with Crippen molar-refractivity contribution in [2.75, 3.05) is 33.9 Å². The van der Waals surface area contributed by atoms with Crippen LogP contribution in [-0.4, -0.2) is 54.5 Å². The van der Waals surface area contributed by atoms with Crippen LogP contribution < -0.4 is 5.32 Å². The quantitative estimate of drug-likeness (QED) is 0.265. The van der Waals surface area contributed by atoms with E-state index in [4.69, 9.17) is 4.74 Å². The fourth-order valence-electron chi connectivity index (χ4n) is 2.79. The zero-order valence-corrected chi connectivity index (χ0v) is 18.6. The van der Waals surface area contributed by atoms with Gasteiger partial charge in [-0.1, -0.05) is 13.8 Å². The minimum absolute atomic E-state index is 0. The van der Waals surface area contributed by atoms with Crippen molar-refractivity contribution in [1.29, 1.82) is 0 Å². The number of rotatable bonds is 9. The number of aryl methyl sites for hydroxylation is 1. The summed E-state index contributed by atoms with van der Waals surface area (Å²) in [6.45, 7) is 7.81. The number of halogens is 1. The van der Waals surface area contributed by atoms with Gasteiger partial charge in [0.25, 0.3) is 0 Å². The van der Waals surface area contributed by atoms with Crippen LogP contribution >= 0.6 is 24.0 Å². The predicted molar refractivity (Wildman–Crippen MR) is 114 cm³/mol. The molecule has 0 atom stereocenters. The molecule has 0 bridgehead atoms. The van der Waals surface area contributed by atoms with Crippen LogP contribution in [0.1, 0.15) is 50.3 Å². The highest BCUT2D eigenvalue weighted by Gasteiger charge is 2.20. The first-order valence-corrected chi connectivity index (χ1v) is 9.03. The molecule has 1 aliphatic carbocycles. The summed E-state index contributed by atoms with van der Waals surface area (Å²) in [6.07, 6.45) is 5.80. The maximum absolute atomic E-state index is 5.67. The molecular formula is C18H34IN5O. The number of aromatic nitrogens is 2. The smallest absolute Gasteiger partial charge is 0.193 e. The summed E-state index contributed by atoms with van der Waals surface area (Å²) in [7, 11) is 5.87. The third kappa shape index (κ3) is 7.52. The Morgan fingerprint density at radius 3 is 2.80 bits per heavy atom. The average molecular weight is 463 g/mol. The van der Waals surface area contributed by atoms with Crippen molar-refractivity contribution in [3.63, 3.8) is 0 Å². The molecule has 1 saturated carbocycles. The maximum atomic E-state index is 5.67. The molecule has 1 heterocycles. The molecule has 1 fully saturated rings. The second kappa shape index (κ2) is 11.0. The molecule has 2 rings (SSSR count). The standard InChI is InChI=1S/C18H33N5O.HI/c1-14(2)17-16(12-23(5)21-17)11-22(4)18(19-3)20-9-6-10-24-13-15-7-8-15;/h12,14-15H,6-11,13H2,1-5H3,(H,19,20);1H. The largest absolute Gasteiger partial charge is 0.381 e. The number of aliphatic imine (C=N–C) groups is 1. The van der Waals surface area contributed by atoms with E-state index in [0.717, 1.165) is 50.3 Å². The van der Waals surface area contributed by atoms with Crippen molar-refractivity contribution < 1.29 is 4.74 Å². The lowest BCUT2D eigenvalue weighted by Crippen LogP contribution is -2.39. The fourth-order valence-corrected chi connectivity index (χ4v) is 2.79. The Kier molecular flexibility index (Phi) is 9.78. The monoisotopic (exact) mass is 463 g/mol. The van der Waals surface area contributed by atoms with Crippen molar-refractivity contribution >= 4 is 29.9 Å². The molecule has 1 aromatic heterocycles. The number of nitrogens with one attached hydrogen (secondary N) is 1. The van der Waals surface area contributed by atoms with Crippen molar-refractivity contribution in [3.8, 4) is 0 Å². The summed E-state index contributed by atoms with van der Waals surface area (Å²) in [6, 6.07) is 0. The van der Waals surface area contributed by atoms with Crippen LogP contribution in [-0.2, 0) is 18.3 Å². The summed E-state index contributed by atoms with van der Waals surface area (Å²) < 4.78 is 7.56. The van der Waals surface area contributed by atoms with E-state index in [-0.39, 0.29) is 24.0 Å². The Morgan fingerprint density at radius 2 is 2.20 bits per heavy atom. The molecule has 1 N–H and O–H groups in total. The van der Waals surface area contributed by atoms with E-state index in [1.807, 2.05) is 18.8 Å². The first-order valence-electron chi connectivity index (χ1n) is 9.03. The van der Waals surface area contributed by atoms with Gasteiger partial charge in [-0.3, -0.25) is 9.67 Å². The van der Waals surface area contributed by atoms with Crippen LogP contribution in [0.4, 0.5) is 0 Å². The molecule has 0 aliphatic heterocycles. The van der Waals surface area contributed by atoms with E-state index in [1.54, 1.807) is 0 Å². The van der Waals surface area contributed by atoms with Crippen LogP contribution in [0.5, 0.6) is 0 Å².